The molecule has 0 N–H and O–H groups in total. The van der Waals surface area contributed by atoms with Crippen LogP contribution in [0.2, 0.25) is 0 Å². The molecule has 0 saturated carbocycles. The quantitative estimate of drug-likeness (QED) is 0.622. The van der Waals surface area contributed by atoms with Gasteiger partial charge in [0.25, 0.3) is 0 Å². The minimum Gasteiger partial charge on any atom is -0.555 e. The van der Waals surface area contributed by atoms with Gasteiger partial charge in [-0.15, -0.1) is 0 Å². The third-order valence-corrected chi connectivity index (χ3v) is 4.78. The van der Waals surface area contributed by atoms with E-state index in [1.54, 1.807) is 0 Å². The van der Waals surface area contributed by atoms with Crippen LogP contribution in [0.4, 0.5) is 0 Å². The molecular formula is C13H24OSi. The van der Waals surface area contributed by atoms with E-state index in [1.165, 1.54) is 22.5 Å². The summed E-state index contributed by atoms with van der Waals surface area (Å²) in [6.07, 6.45) is 0. The molecule has 0 spiro atoms. The molecule has 2 heteroatoms. The van der Waals surface area contributed by atoms with Crippen molar-refractivity contribution >= 4 is 10.5 Å². The van der Waals surface area contributed by atoms with Crippen LogP contribution in [0.25, 0.3) is 0 Å². The molecule has 0 bridgehead atoms. The average Bonchev–Trinajstić information content (AvgIpc) is 2.28. The summed E-state index contributed by atoms with van der Waals surface area (Å²) in [6, 6.07) is 0. The Hall–Kier alpha value is -0.503. The summed E-state index contributed by atoms with van der Waals surface area (Å²) < 4.78 is 5.78. The van der Waals surface area contributed by atoms with E-state index in [0.717, 1.165) is 10.5 Å². The zero-order valence-electron chi connectivity index (χ0n) is 11.4. The molecule has 1 atom stereocenters. The van der Waals surface area contributed by atoms with E-state index in [0.29, 0.717) is 0 Å². The fourth-order valence-corrected chi connectivity index (χ4v) is 3.35. The Morgan fingerprint density at radius 2 is 1.53 bits per heavy atom. The van der Waals surface area contributed by atoms with Crippen molar-refractivity contribution in [2.45, 2.75) is 48.5 Å². The highest BCUT2D eigenvalue weighted by Gasteiger charge is 2.47. The molecule has 1 unspecified atom stereocenters. The molecule has 0 aromatic heterocycles. The second kappa shape index (κ2) is 3.51. The molecule has 0 radical (unpaired) electrons. The molecule has 1 rings (SSSR count). The largest absolute Gasteiger partial charge is 0.555 e. The van der Waals surface area contributed by atoms with E-state index >= 15 is 0 Å². The Kier molecular flexibility index (Phi) is 2.94. The Morgan fingerprint density at radius 1 is 1.07 bits per heavy atom. The van der Waals surface area contributed by atoms with Crippen molar-refractivity contribution in [3.8, 4) is 0 Å². The van der Waals surface area contributed by atoms with Crippen molar-refractivity contribution in [3.05, 3.63) is 22.5 Å². The minimum absolute atomic E-state index is 0.0723. The van der Waals surface area contributed by atoms with Gasteiger partial charge >= 0.3 is 0 Å². The Morgan fingerprint density at radius 3 is 1.80 bits per heavy atom. The molecule has 0 aliphatic heterocycles. The summed E-state index contributed by atoms with van der Waals surface area (Å²) >= 11 is 0. The predicted molar refractivity (Wildman–Crippen MR) is 69.7 cm³/mol. The molecular weight excluding hydrogens is 200 g/mol. The summed E-state index contributed by atoms with van der Waals surface area (Å²) in [5.41, 5.74) is 4.51. The van der Waals surface area contributed by atoms with Gasteiger partial charge in [0.15, 0.2) is 0 Å². The van der Waals surface area contributed by atoms with Crippen LogP contribution in [-0.2, 0) is 4.43 Å². The summed E-state index contributed by atoms with van der Waals surface area (Å²) in [6.45, 7) is 15.8. The SMILES string of the molecule is CC1=C(C)C(C)(C(C)(C)C)C(O[SiH3])=C1C. The van der Waals surface area contributed by atoms with Crippen LogP contribution in [-0.4, -0.2) is 10.5 Å². The standard InChI is InChI=1S/C13H24OSi/c1-8-9(2)11(14-15)13(7,10(8)3)12(4,5)6/h1-7,15H3. The molecule has 1 aliphatic rings. The minimum atomic E-state index is 0.0723. The zero-order valence-corrected chi connectivity index (χ0v) is 13.4. The third kappa shape index (κ3) is 1.50. The highest BCUT2D eigenvalue weighted by Crippen LogP contribution is 2.56. The van der Waals surface area contributed by atoms with E-state index in [4.69, 9.17) is 4.43 Å². The van der Waals surface area contributed by atoms with Gasteiger partial charge in [0.1, 0.15) is 0 Å². The summed E-state index contributed by atoms with van der Waals surface area (Å²) in [4.78, 5) is 0. The van der Waals surface area contributed by atoms with Crippen LogP contribution in [0.5, 0.6) is 0 Å². The van der Waals surface area contributed by atoms with E-state index in [-0.39, 0.29) is 10.8 Å². The lowest BCUT2D eigenvalue weighted by Crippen LogP contribution is -2.35. The monoisotopic (exact) mass is 224 g/mol. The summed E-state index contributed by atoms with van der Waals surface area (Å²) in [5.74, 6) is 1.21. The Balaban J connectivity index is 3.44. The molecule has 15 heavy (non-hydrogen) atoms. The van der Waals surface area contributed by atoms with Crippen LogP contribution in [0.3, 0.4) is 0 Å². The van der Waals surface area contributed by atoms with Gasteiger partial charge in [-0.25, -0.2) is 0 Å². The lowest BCUT2D eigenvalue weighted by molar-refractivity contribution is 0.148. The lowest BCUT2D eigenvalue weighted by atomic mass is 9.64. The van der Waals surface area contributed by atoms with E-state index < -0.39 is 0 Å². The van der Waals surface area contributed by atoms with E-state index in [2.05, 4.69) is 48.5 Å². The summed E-state index contributed by atoms with van der Waals surface area (Å²) in [5, 5.41) is 0. The smallest absolute Gasteiger partial charge is 0.203 e. The number of rotatable bonds is 1. The lowest BCUT2D eigenvalue weighted by Gasteiger charge is -2.42. The molecule has 0 aromatic carbocycles. The maximum Gasteiger partial charge on any atom is 0.203 e. The maximum atomic E-state index is 5.78. The molecule has 0 saturated heterocycles. The van der Waals surface area contributed by atoms with Gasteiger partial charge in [-0.05, 0) is 44.3 Å². The molecule has 0 fully saturated rings. The number of allylic oxidation sites excluding steroid dienone is 3. The molecule has 0 amide bonds. The van der Waals surface area contributed by atoms with Crippen LogP contribution in [0.15, 0.2) is 22.5 Å². The van der Waals surface area contributed by atoms with Gasteiger partial charge in [0, 0.05) is 5.41 Å². The van der Waals surface area contributed by atoms with Crippen molar-refractivity contribution in [3.63, 3.8) is 0 Å². The first-order chi connectivity index (χ1) is 6.67. The van der Waals surface area contributed by atoms with Crippen LogP contribution in [0, 0.1) is 10.8 Å². The number of hydrogen-bond acceptors (Lipinski definition) is 1. The highest BCUT2D eigenvalue weighted by atomic mass is 28.2. The van der Waals surface area contributed by atoms with Crippen LogP contribution < -0.4 is 0 Å². The second-order valence-electron chi connectivity index (χ2n) is 5.78. The van der Waals surface area contributed by atoms with Gasteiger partial charge < -0.3 is 4.43 Å². The van der Waals surface area contributed by atoms with Gasteiger partial charge in [-0.2, -0.15) is 0 Å². The van der Waals surface area contributed by atoms with Crippen LogP contribution >= 0.6 is 0 Å². The first-order valence-corrected chi connectivity index (χ1v) is 6.43. The molecule has 0 heterocycles. The van der Waals surface area contributed by atoms with Gasteiger partial charge in [-0.1, -0.05) is 26.3 Å². The maximum absolute atomic E-state index is 5.78. The molecule has 0 aromatic rings. The Bertz CT molecular complexity index is 344. The van der Waals surface area contributed by atoms with Gasteiger partial charge in [-0.3, -0.25) is 0 Å². The first-order valence-electron chi connectivity index (χ1n) is 5.61. The Labute approximate surface area is 97.1 Å². The van der Waals surface area contributed by atoms with Crippen molar-refractivity contribution in [1.82, 2.24) is 0 Å². The summed E-state index contributed by atoms with van der Waals surface area (Å²) in [7, 11) is 0.773. The first kappa shape index (κ1) is 12.6. The molecule has 1 aliphatic carbocycles. The van der Waals surface area contributed by atoms with Gasteiger partial charge in [0.2, 0.25) is 10.5 Å². The van der Waals surface area contributed by atoms with Crippen molar-refractivity contribution in [1.29, 1.82) is 0 Å². The fourth-order valence-electron chi connectivity index (χ4n) is 2.63. The average molecular weight is 224 g/mol. The van der Waals surface area contributed by atoms with E-state index in [9.17, 15) is 0 Å². The van der Waals surface area contributed by atoms with Gasteiger partial charge in [0.05, 0.1) is 5.76 Å². The van der Waals surface area contributed by atoms with E-state index in [1.807, 2.05) is 0 Å². The van der Waals surface area contributed by atoms with Crippen molar-refractivity contribution in [2.75, 3.05) is 0 Å². The number of hydrogen-bond donors (Lipinski definition) is 0. The van der Waals surface area contributed by atoms with Crippen molar-refractivity contribution in [2.24, 2.45) is 10.8 Å². The third-order valence-electron chi connectivity index (χ3n) is 4.37. The fraction of sp³-hybridized carbons (Fsp3) is 0.692. The molecule has 1 nitrogen and oxygen atoms in total. The zero-order chi connectivity index (χ0) is 12.0. The predicted octanol–water partition coefficient (Wildman–Crippen LogP) is 2.96. The molecule has 86 valence electrons. The topological polar surface area (TPSA) is 9.23 Å². The highest BCUT2D eigenvalue weighted by molar-refractivity contribution is 5.99. The van der Waals surface area contributed by atoms with Crippen LogP contribution in [0.1, 0.15) is 48.5 Å². The van der Waals surface area contributed by atoms with Crippen molar-refractivity contribution < 1.29 is 4.43 Å². The second-order valence-corrected chi connectivity index (χ2v) is 6.19. The normalized spacial score (nSPS) is 27.9.